The fourth-order valence-electron chi connectivity index (χ4n) is 1.53. The van der Waals surface area contributed by atoms with Gasteiger partial charge in [0.25, 0.3) is 0 Å². The second-order valence-electron chi connectivity index (χ2n) is 3.94. The van der Waals surface area contributed by atoms with Crippen LogP contribution in [0.2, 0.25) is 0 Å². The highest BCUT2D eigenvalue weighted by Crippen LogP contribution is 2.26. The van der Waals surface area contributed by atoms with Crippen LogP contribution in [0.25, 0.3) is 0 Å². The van der Waals surface area contributed by atoms with Crippen LogP contribution in [0.5, 0.6) is 5.75 Å². The number of hydrogen-bond acceptors (Lipinski definition) is 4. The Morgan fingerprint density at radius 1 is 1.40 bits per heavy atom. The van der Waals surface area contributed by atoms with Gasteiger partial charge in [-0.2, -0.15) is 0 Å². The van der Waals surface area contributed by atoms with Gasteiger partial charge in [0.05, 0.1) is 12.8 Å². The molecule has 1 fully saturated rings. The van der Waals surface area contributed by atoms with Gasteiger partial charge in [0, 0.05) is 11.7 Å². The average molecular weight is 207 g/mol. The lowest BCUT2D eigenvalue weighted by atomic mass is 9.82. The minimum Gasteiger partial charge on any atom is -0.492 e. The normalized spacial score (nSPS) is 15.9. The summed E-state index contributed by atoms with van der Waals surface area (Å²) in [5, 5.41) is 17.9. The Hall–Kier alpha value is -1.07. The molecule has 4 nitrogen and oxygen atoms in total. The van der Waals surface area contributed by atoms with Crippen LogP contribution in [-0.4, -0.2) is 28.8 Å². The first-order valence-corrected chi connectivity index (χ1v) is 5.19. The maximum atomic E-state index is 8.94. The molecule has 0 atom stereocenters. The van der Waals surface area contributed by atoms with E-state index in [1.165, 1.54) is 25.5 Å². The van der Waals surface area contributed by atoms with Crippen molar-refractivity contribution in [1.29, 1.82) is 0 Å². The molecule has 1 aliphatic carbocycles. The van der Waals surface area contributed by atoms with Crippen molar-refractivity contribution < 1.29 is 14.8 Å². The van der Waals surface area contributed by atoms with Crippen molar-refractivity contribution in [2.24, 2.45) is 5.92 Å². The molecule has 1 aromatic rings. The SMILES string of the molecule is OB(O)c1cncc(OCC2CCC2)c1. The maximum Gasteiger partial charge on any atom is 0.490 e. The average Bonchev–Trinajstić information content (AvgIpc) is 2.16. The molecule has 1 aromatic heterocycles. The van der Waals surface area contributed by atoms with E-state index in [0.29, 0.717) is 23.7 Å². The number of nitrogens with zero attached hydrogens (tertiary/aromatic N) is 1. The Morgan fingerprint density at radius 2 is 2.20 bits per heavy atom. The Bertz CT molecular complexity index is 328. The molecule has 0 aromatic carbocycles. The van der Waals surface area contributed by atoms with Crippen LogP contribution in [0.4, 0.5) is 0 Å². The molecule has 15 heavy (non-hydrogen) atoms. The molecular weight excluding hydrogens is 193 g/mol. The lowest BCUT2D eigenvalue weighted by molar-refractivity contribution is 0.180. The number of ether oxygens (including phenoxy) is 1. The highest BCUT2D eigenvalue weighted by atomic mass is 16.5. The fourth-order valence-corrected chi connectivity index (χ4v) is 1.53. The maximum absolute atomic E-state index is 8.94. The van der Waals surface area contributed by atoms with Gasteiger partial charge in [-0.3, -0.25) is 4.98 Å². The fraction of sp³-hybridized carbons (Fsp3) is 0.500. The largest absolute Gasteiger partial charge is 0.492 e. The molecule has 5 heteroatoms. The third-order valence-corrected chi connectivity index (χ3v) is 2.74. The number of pyridine rings is 1. The molecule has 80 valence electrons. The first-order chi connectivity index (χ1) is 7.25. The molecule has 0 saturated heterocycles. The zero-order valence-electron chi connectivity index (χ0n) is 8.47. The predicted molar refractivity (Wildman–Crippen MR) is 56.9 cm³/mol. The van der Waals surface area contributed by atoms with Crippen molar-refractivity contribution in [3.63, 3.8) is 0 Å². The summed E-state index contributed by atoms with van der Waals surface area (Å²) in [6.45, 7) is 0.701. The highest BCUT2D eigenvalue weighted by Gasteiger charge is 2.18. The minimum atomic E-state index is -1.48. The van der Waals surface area contributed by atoms with E-state index in [-0.39, 0.29) is 0 Å². The van der Waals surface area contributed by atoms with Crippen molar-refractivity contribution in [3.8, 4) is 5.75 Å². The van der Waals surface area contributed by atoms with Crippen molar-refractivity contribution in [2.45, 2.75) is 19.3 Å². The van der Waals surface area contributed by atoms with Gasteiger partial charge in [0.15, 0.2) is 0 Å². The van der Waals surface area contributed by atoms with E-state index in [1.807, 2.05) is 0 Å². The van der Waals surface area contributed by atoms with Gasteiger partial charge >= 0.3 is 7.12 Å². The standard InChI is InChI=1S/C10H14BNO3/c13-11(14)9-4-10(6-12-5-9)15-7-8-2-1-3-8/h4-6,8,13-14H,1-3,7H2. The lowest BCUT2D eigenvalue weighted by Crippen LogP contribution is -2.30. The summed E-state index contributed by atoms with van der Waals surface area (Å²) in [5.74, 6) is 1.26. The number of rotatable bonds is 4. The highest BCUT2D eigenvalue weighted by molar-refractivity contribution is 6.58. The monoisotopic (exact) mass is 207 g/mol. The summed E-state index contributed by atoms with van der Waals surface area (Å²) in [7, 11) is -1.48. The van der Waals surface area contributed by atoms with Crippen LogP contribution >= 0.6 is 0 Å². The van der Waals surface area contributed by atoms with E-state index >= 15 is 0 Å². The third-order valence-electron chi connectivity index (χ3n) is 2.74. The van der Waals surface area contributed by atoms with E-state index in [1.54, 1.807) is 12.3 Å². The molecular formula is C10H14BNO3. The zero-order valence-corrected chi connectivity index (χ0v) is 8.47. The van der Waals surface area contributed by atoms with Gasteiger partial charge in [-0.05, 0) is 24.8 Å². The van der Waals surface area contributed by atoms with E-state index in [0.717, 1.165) is 0 Å². The van der Waals surface area contributed by atoms with Crippen molar-refractivity contribution in [1.82, 2.24) is 4.98 Å². The Morgan fingerprint density at radius 3 is 2.80 bits per heavy atom. The van der Waals surface area contributed by atoms with Crippen LogP contribution in [0, 0.1) is 5.92 Å². The molecule has 0 spiro atoms. The first kappa shape index (κ1) is 10.5. The van der Waals surface area contributed by atoms with Crippen molar-refractivity contribution in [3.05, 3.63) is 18.5 Å². The van der Waals surface area contributed by atoms with Gasteiger partial charge in [-0.15, -0.1) is 0 Å². The van der Waals surface area contributed by atoms with Gasteiger partial charge in [-0.1, -0.05) is 6.42 Å². The second-order valence-corrected chi connectivity index (χ2v) is 3.94. The molecule has 2 rings (SSSR count). The topological polar surface area (TPSA) is 62.6 Å². The van der Waals surface area contributed by atoms with Crippen molar-refractivity contribution >= 4 is 12.6 Å². The van der Waals surface area contributed by atoms with Crippen LogP contribution in [0.15, 0.2) is 18.5 Å². The number of hydrogen-bond donors (Lipinski definition) is 2. The molecule has 1 saturated carbocycles. The minimum absolute atomic E-state index is 0.362. The molecule has 1 heterocycles. The summed E-state index contributed by atoms with van der Waals surface area (Å²) in [5.41, 5.74) is 0.362. The van der Waals surface area contributed by atoms with Crippen LogP contribution < -0.4 is 10.2 Å². The molecule has 0 bridgehead atoms. The Kier molecular flexibility index (Phi) is 3.23. The molecule has 1 aliphatic rings. The Labute approximate surface area is 89.1 Å². The predicted octanol–water partition coefficient (Wildman–Crippen LogP) is -0.0597. The van der Waals surface area contributed by atoms with Crippen molar-refractivity contribution in [2.75, 3.05) is 6.61 Å². The molecule has 0 amide bonds. The quantitative estimate of drug-likeness (QED) is 0.679. The van der Waals surface area contributed by atoms with E-state index in [9.17, 15) is 0 Å². The molecule has 0 radical (unpaired) electrons. The zero-order chi connectivity index (χ0) is 10.7. The molecule has 2 N–H and O–H groups in total. The van der Waals surface area contributed by atoms with E-state index in [4.69, 9.17) is 14.8 Å². The third kappa shape index (κ3) is 2.70. The second kappa shape index (κ2) is 4.64. The summed E-state index contributed by atoms with van der Waals surface area (Å²) in [6, 6.07) is 1.61. The van der Waals surface area contributed by atoms with Gasteiger partial charge in [0.1, 0.15) is 5.75 Å². The van der Waals surface area contributed by atoms with Crippen LogP contribution in [0.1, 0.15) is 19.3 Å². The van der Waals surface area contributed by atoms with Gasteiger partial charge < -0.3 is 14.8 Å². The smallest absolute Gasteiger partial charge is 0.490 e. The summed E-state index contributed by atoms with van der Waals surface area (Å²) < 4.78 is 5.52. The summed E-state index contributed by atoms with van der Waals surface area (Å²) in [6.07, 6.45) is 6.76. The molecule has 0 unspecified atom stereocenters. The molecule has 0 aliphatic heterocycles. The summed E-state index contributed by atoms with van der Waals surface area (Å²) in [4.78, 5) is 3.88. The lowest BCUT2D eigenvalue weighted by Gasteiger charge is -2.25. The summed E-state index contributed by atoms with van der Waals surface area (Å²) >= 11 is 0. The Balaban J connectivity index is 1.92. The van der Waals surface area contributed by atoms with Crippen LogP contribution in [0.3, 0.4) is 0 Å². The van der Waals surface area contributed by atoms with E-state index in [2.05, 4.69) is 4.98 Å². The first-order valence-electron chi connectivity index (χ1n) is 5.19. The van der Waals surface area contributed by atoms with E-state index < -0.39 is 7.12 Å². The number of aromatic nitrogens is 1. The van der Waals surface area contributed by atoms with Gasteiger partial charge in [0.2, 0.25) is 0 Å². The van der Waals surface area contributed by atoms with Crippen LogP contribution in [-0.2, 0) is 0 Å². The van der Waals surface area contributed by atoms with Gasteiger partial charge in [-0.25, -0.2) is 0 Å².